The number of aromatic nitrogens is 2. The lowest BCUT2D eigenvalue weighted by molar-refractivity contribution is -0.141. The number of alkyl halides is 3. The molecule has 202 valence electrons. The third-order valence-electron chi connectivity index (χ3n) is 7.54. The van der Waals surface area contributed by atoms with Gasteiger partial charge in [-0.05, 0) is 54.2 Å². The standard InChI is InChI=1S/C29H33F3N4O2/c1-19-14-20(2)18-36(17-19)28-34-27(29(30,31)32)26(38-28)24(37)15-21-8-9-25(33-16-21)35-12-10-23(11-13-35)22-6-4-3-5-7-22/h3-9,16,19-20,23H,10-15,17-18H2,1-2H3. The van der Waals surface area contributed by atoms with Crippen LogP contribution < -0.4 is 9.80 Å². The van der Waals surface area contributed by atoms with Gasteiger partial charge in [0.15, 0.2) is 5.69 Å². The summed E-state index contributed by atoms with van der Waals surface area (Å²) in [6, 6.07) is 13.9. The summed E-state index contributed by atoms with van der Waals surface area (Å²) in [6.07, 6.45) is -0.428. The van der Waals surface area contributed by atoms with Crippen molar-refractivity contribution in [1.82, 2.24) is 9.97 Å². The second-order valence-electron chi connectivity index (χ2n) is 10.8. The van der Waals surface area contributed by atoms with Gasteiger partial charge in [0.2, 0.25) is 11.5 Å². The number of carbonyl (C=O) groups is 1. The zero-order valence-electron chi connectivity index (χ0n) is 21.7. The van der Waals surface area contributed by atoms with Crippen LogP contribution in [0.15, 0.2) is 53.1 Å². The van der Waals surface area contributed by atoms with Crippen molar-refractivity contribution in [2.24, 2.45) is 11.8 Å². The third-order valence-corrected chi connectivity index (χ3v) is 7.54. The van der Waals surface area contributed by atoms with Crippen molar-refractivity contribution in [3.05, 3.63) is 71.2 Å². The molecular weight excluding hydrogens is 493 g/mol. The van der Waals surface area contributed by atoms with E-state index in [0.717, 1.165) is 38.2 Å². The predicted molar refractivity (Wildman–Crippen MR) is 140 cm³/mol. The van der Waals surface area contributed by atoms with E-state index in [-0.39, 0.29) is 12.4 Å². The Bertz CT molecular complexity index is 1220. The van der Waals surface area contributed by atoms with Crippen molar-refractivity contribution in [3.8, 4) is 0 Å². The van der Waals surface area contributed by atoms with Gasteiger partial charge in [-0.15, -0.1) is 0 Å². The molecule has 0 saturated carbocycles. The first-order chi connectivity index (χ1) is 18.2. The summed E-state index contributed by atoms with van der Waals surface area (Å²) in [5.74, 6) is 0.438. The van der Waals surface area contributed by atoms with Crippen molar-refractivity contribution in [2.75, 3.05) is 36.0 Å². The fourth-order valence-corrected chi connectivity index (χ4v) is 5.79. The maximum absolute atomic E-state index is 13.8. The minimum absolute atomic E-state index is 0.133. The fraction of sp³-hybridized carbons (Fsp3) is 0.483. The zero-order valence-corrected chi connectivity index (χ0v) is 21.7. The summed E-state index contributed by atoms with van der Waals surface area (Å²) < 4.78 is 46.8. The Morgan fingerprint density at radius 3 is 2.29 bits per heavy atom. The maximum Gasteiger partial charge on any atom is 0.437 e. The zero-order chi connectivity index (χ0) is 26.9. The van der Waals surface area contributed by atoms with Gasteiger partial charge in [-0.3, -0.25) is 4.79 Å². The van der Waals surface area contributed by atoms with Crippen molar-refractivity contribution in [1.29, 1.82) is 0 Å². The molecule has 3 aromatic rings. The minimum atomic E-state index is -4.78. The maximum atomic E-state index is 13.8. The highest BCUT2D eigenvalue weighted by atomic mass is 19.4. The summed E-state index contributed by atoms with van der Waals surface area (Å²) in [7, 11) is 0. The minimum Gasteiger partial charge on any atom is -0.420 e. The van der Waals surface area contributed by atoms with Gasteiger partial charge in [-0.25, -0.2) is 4.98 Å². The molecule has 4 heterocycles. The van der Waals surface area contributed by atoms with E-state index in [1.54, 1.807) is 17.2 Å². The van der Waals surface area contributed by atoms with Gasteiger partial charge in [-0.1, -0.05) is 50.2 Å². The van der Waals surface area contributed by atoms with Crippen LogP contribution in [0.25, 0.3) is 0 Å². The molecule has 1 aromatic carbocycles. The van der Waals surface area contributed by atoms with E-state index < -0.39 is 23.4 Å². The Balaban J connectivity index is 1.25. The van der Waals surface area contributed by atoms with Gasteiger partial charge in [0.25, 0.3) is 6.01 Å². The number of carbonyl (C=O) groups excluding carboxylic acids is 1. The number of nitrogens with zero attached hydrogens (tertiary/aromatic N) is 4. The van der Waals surface area contributed by atoms with Crippen molar-refractivity contribution in [3.63, 3.8) is 0 Å². The molecule has 0 bridgehead atoms. The second-order valence-corrected chi connectivity index (χ2v) is 10.8. The summed E-state index contributed by atoms with van der Waals surface area (Å²) in [5, 5.41) is 0. The normalized spacial score (nSPS) is 21.1. The highest BCUT2D eigenvalue weighted by molar-refractivity contribution is 5.96. The van der Waals surface area contributed by atoms with Crippen LogP contribution in [-0.2, 0) is 12.6 Å². The van der Waals surface area contributed by atoms with Crippen molar-refractivity contribution in [2.45, 2.75) is 51.6 Å². The van der Waals surface area contributed by atoms with Crippen LogP contribution in [0.2, 0.25) is 0 Å². The van der Waals surface area contributed by atoms with E-state index in [0.29, 0.717) is 36.4 Å². The molecule has 0 N–H and O–H groups in total. The Morgan fingerprint density at radius 2 is 1.68 bits per heavy atom. The van der Waals surface area contributed by atoms with Crippen LogP contribution in [0, 0.1) is 11.8 Å². The first kappa shape index (κ1) is 26.3. The summed E-state index contributed by atoms with van der Waals surface area (Å²) in [4.78, 5) is 25.1. The number of anilines is 2. The van der Waals surface area contributed by atoms with E-state index >= 15 is 0 Å². The van der Waals surface area contributed by atoms with Crippen LogP contribution in [0.4, 0.5) is 25.0 Å². The van der Waals surface area contributed by atoms with Crippen LogP contribution in [0.1, 0.15) is 66.4 Å². The van der Waals surface area contributed by atoms with Gasteiger partial charge < -0.3 is 14.2 Å². The van der Waals surface area contributed by atoms with Crippen molar-refractivity contribution >= 4 is 17.6 Å². The molecule has 2 aliphatic heterocycles. The third kappa shape index (κ3) is 5.87. The quantitative estimate of drug-likeness (QED) is 0.348. The molecule has 5 rings (SSSR count). The molecule has 38 heavy (non-hydrogen) atoms. The van der Waals surface area contributed by atoms with Crippen LogP contribution >= 0.6 is 0 Å². The van der Waals surface area contributed by atoms with Gasteiger partial charge in [0, 0.05) is 38.8 Å². The van der Waals surface area contributed by atoms with Crippen LogP contribution in [-0.4, -0.2) is 41.9 Å². The Hall–Kier alpha value is -3.36. The van der Waals surface area contributed by atoms with E-state index in [2.05, 4.69) is 39.1 Å². The van der Waals surface area contributed by atoms with Gasteiger partial charge in [-0.2, -0.15) is 18.2 Å². The molecule has 6 nitrogen and oxygen atoms in total. The molecule has 2 aromatic heterocycles. The average Bonchev–Trinajstić information content (AvgIpc) is 3.36. The molecule has 0 amide bonds. The largest absolute Gasteiger partial charge is 0.437 e. The second kappa shape index (κ2) is 10.8. The molecular formula is C29H33F3N4O2. The number of pyridine rings is 1. The highest BCUT2D eigenvalue weighted by Gasteiger charge is 2.42. The van der Waals surface area contributed by atoms with Gasteiger partial charge in [0.05, 0.1) is 0 Å². The topological polar surface area (TPSA) is 62.5 Å². The number of Topliss-reactive ketones (excluding diaryl/α,β-unsaturated/α-hetero) is 1. The Labute approximate surface area is 220 Å². The molecule has 2 atom stereocenters. The number of benzene rings is 1. The Kier molecular flexibility index (Phi) is 7.45. The number of rotatable bonds is 6. The highest BCUT2D eigenvalue weighted by Crippen LogP contribution is 2.36. The number of piperidine rings is 2. The average molecular weight is 527 g/mol. The number of hydrogen-bond donors (Lipinski definition) is 0. The smallest absolute Gasteiger partial charge is 0.420 e. The number of hydrogen-bond acceptors (Lipinski definition) is 6. The van der Waals surface area contributed by atoms with Gasteiger partial charge in [0.1, 0.15) is 5.82 Å². The van der Waals surface area contributed by atoms with E-state index in [1.165, 1.54) is 5.56 Å². The van der Waals surface area contributed by atoms with E-state index in [9.17, 15) is 18.0 Å². The van der Waals surface area contributed by atoms with E-state index in [1.807, 2.05) is 26.0 Å². The summed E-state index contributed by atoms with van der Waals surface area (Å²) in [6.45, 7) is 6.92. The van der Waals surface area contributed by atoms with Crippen LogP contribution in [0.5, 0.6) is 0 Å². The van der Waals surface area contributed by atoms with E-state index in [4.69, 9.17) is 4.42 Å². The van der Waals surface area contributed by atoms with Crippen LogP contribution in [0.3, 0.4) is 0 Å². The molecule has 2 aliphatic rings. The molecule has 0 radical (unpaired) electrons. The van der Waals surface area contributed by atoms with Gasteiger partial charge >= 0.3 is 6.18 Å². The lowest BCUT2D eigenvalue weighted by Gasteiger charge is -2.33. The summed E-state index contributed by atoms with van der Waals surface area (Å²) >= 11 is 0. The molecule has 2 unspecified atom stereocenters. The number of oxazole rings is 1. The first-order valence-corrected chi connectivity index (χ1v) is 13.3. The SMILES string of the molecule is CC1CC(C)CN(c2nc(C(F)(F)F)c(C(=O)Cc3ccc(N4CCC(c5ccccc5)CC4)nc3)o2)C1. The lowest BCUT2D eigenvalue weighted by Crippen LogP contribution is -2.38. The molecule has 0 spiro atoms. The number of halogens is 3. The van der Waals surface area contributed by atoms with Crippen molar-refractivity contribution < 1.29 is 22.4 Å². The number of ketones is 1. The molecule has 9 heteroatoms. The predicted octanol–water partition coefficient (Wildman–Crippen LogP) is 6.38. The first-order valence-electron chi connectivity index (χ1n) is 13.3. The lowest BCUT2D eigenvalue weighted by atomic mass is 9.89. The molecule has 2 saturated heterocycles. The summed E-state index contributed by atoms with van der Waals surface area (Å²) in [5.41, 5.74) is 0.630. The monoisotopic (exact) mass is 526 g/mol. The Morgan fingerprint density at radius 1 is 1.00 bits per heavy atom. The fourth-order valence-electron chi connectivity index (χ4n) is 5.79. The molecule has 0 aliphatic carbocycles. The molecule has 2 fully saturated rings.